The largest absolute Gasteiger partial charge is 0.356 e. The number of benzene rings is 1. The molecule has 0 bridgehead atoms. The van der Waals surface area contributed by atoms with Gasteiger partial charge in [0.2, 0.25) is 0 Å². The molecule has 0 unspecified atom stereocenters. The standard InChI is InChI=1S/C13H9NO2/c15-10-2-1-3-11-4-6-12(7-5-11)13-8-9-14-16-13/h4-10H,2H2. The summed E-state index contributed by atoms with van der Waals surface area (Å²) in [7, 11) is 0. The Balaban J connectivity index is 2.18. The van der Waals surface area contributed by atoms with Crippen LogP contribution in [0.3, 0.4) is 0 Å². The highest BCUT2D eigenvalue weighted by Gasteiger charge is 1.99. The van der Waals surface area contributed by atoms with E-state index in [9.17, 15) is 4.79 Å². The summed E-state index contributed by atoms with van der Waals surface area (Å²) in [5.74, 6) is 6.37. The second kappa shape index (κ2) is 4.94. The van der Waals surface area contributed by atoms with Gasteiger partial charge in [-0.2, -0.15) is 0 Å². The van der Waals surface area contributed by atoms with E-state index in [1.165, 1.54) is 0 Å². The molecule has 0 atom stereocenters. The van der Waals surface area contributed by atoms with Crippen molar-refractivity contribution in [2.75, 3.05) is 0 Å². The Labute approximate surface area is 93.1 Å². The fourth-order valence-corrected chi connectivity index (χ4v) is 1.28. The first-order chi connectivity index (χ1) is 7.90. The first-order valence-corrected chi connectivity index (χ1v) is 4.84. The van der Waals surface area contributed by atoms with Crippen molar-refractivity contribution in [3.8, 4) is 23.2 Å². The average molecular weight is 211 g/mol. The summed E-state index contributed by atoms with van der Waals surface area (Å²) in [5, 5.41) is 3.64. The topological polar surface area (TPSA) is 43.1 Å². The molecule has 16 heavy (non-hydrogen) atoms. The highest BCUT2D eigenvalue weighted by Crippen LogP contribution is 2.18. The molecule has 2 aromatic rings. The molecule has 0 aliphatic carbocycles. The maximum Gasteiger partial charge on any atom is 0.166 e. The van der Waals surface area contributed by atoms with Crippen LogP contribution in [0, 0.1) is 11.8 Å². The van der Waals surface area contributed by atoms with Crippen molar-refractivity contribution < 1.29 is 9.32 Å². The minimum atomic E-state index is 0.268. The van der Waals surface area contributed by atoms with E-state index in [4.69, 9.17) is 4.52 Å². The molecule has 0 aliphatic rings. The van der Waals surface area contributed by atoms with Crippen LogP contribution in [-0.2, 0) is 4.79 Å². The molecule has 1 heterocycles. The molecule has 1 aromatic carbocycles. The van der Waals surface area contributed by atoms with Gasteiger partial charge in [0.05, 0.1) is 12.6 Å². The van der Waals surface area contributed by atoms with Crippen LogP contribution in [0.1, 0.15) is 12.0 Å². The molecule has 0 fully saturated rings. The average Bonchev–Trinajstić information content (AvgIpc) is 2.84. The number of aldehydes is 1. The molecule has 0 spiro atoms. The Morgan fingerprint density at radius 3 is 2.69 bits per heavy atom. The van der Waals surface area contributed by atoms with Gasteiger partial charge in [0, 0.05) is 17.2 Å². The molecule has 0 aliphatic heterocycles. The number of carbonyl (C=O) groups is 1. The van der Waals surface area contributed by atoms with Crippen LogP contribution in [0.5, 0.6) is 0 Å². The first-order valence-electron chi connectivity index (χ1n) is 4.84. The fourth-order valence-electron chi connectivity index (χ4n) is 1.28. The lowest BCUT2D eigenvalue weighted by atomic mass is 10.1. The van der Waals surface area contributed by atoms with Crippen LogP contribution < -0.4 is 0 Å². The number of rotatable bonds is 2. The summed E-state index contributed by atoms with van der Waals surface area (Å²) in [6.07, 6.45) is 2.66. The highest BCUT2D eigenvalue weighted by molar-refractivity contribution is 5.59. The second-order valence-electron chi connectivity index (χ2n) is 3.13. The Bertz CT molecular complexity index is 515. The summed E-state index contributed by atoms with van der Waals surface area (Å²) in [6.45, 7) is 0. The number of carbonyl (C=O) groups excluding carboxylic acids is 1. The zero-order chi connectivity index (χ0) is 11.2. The summed E-state index contributed by atoms with van der Waals surface area (Å²) < 4.78 is 5.03. The van der Waals surface area contributed by atoms with E-state index < -0.39 is 0 Å². The number of nitrogens with zero attached hydrogens (tertiary/aromatic N) is 1. The summed E-state index contributed by atoms with van der Waals surface area (Å²) in [5.41, 5.74) is 1.84. The predicted octanol–water partition coefficient (Wildman–Crippen LogP) is 2.28. The van der Waals surface area contributed by atoms with Crippen LogP contribution in [0.4, 0.5) is 0 Å². The molecule has 78 valence electrons. The van der Waals surface area contributed by atoms with Crippen molar-refractivity contribution in [1.29, 1.82) is 0 Å². The minimum absolute atomic E-state index is 0.268. The van der Waals surface area contributed by atoms with Gasteiger partial charge in [-0.05, 0) is 24.3 Å². The third-order valence-electron chi connectivity index (χ3n) is 2.03. The van der Waals surface area contributed by atoms with Gasteiger partial charge < -0.3 is 9.32 Å². The van der Waals surface area contributed by atoms with E-state index in [-0.39, 0.29) is 6.42 Å². The molecular formula is C13H9NO2. The van der Waals surface area contributed by atoms with Crippen molar-refractivity contribution in [1.82, 2.24) is 5.16 Å². The monoisotopic (exact) mass is 211 g/mol. The maximum absolute atomic E-state index is 10.1. The van der Waals surface area contributed by atoms with Gasteiger partial charge in [0.25, 0.3) is 0 Å². The third-order valence-corrected chi connectivity index (χ3v) is 2.03. The van der Waals surface area contributed by atoms with E-state index in [2.05, 4.69) is 17.0 Å². The van der Waals surface area contributed by atoms with Gasteiger partial charge in [-0.3, -0.25) is 0 Å². The Hall–Kier alpha value is -2.34. The van der Waals surface area contributed by atoms with Gasteiger partial charge in [-0.1, -0.05) is 17.0 Å². The maximum atomic E-state index is 10.1. The summed E-state index contributed by atoms with van der Waals surface area (Å²) in [6, 6.07) is 9.38. The van der Waals surface area contributed by atoms with Crippen LogP contribution in [0.25, 0.3) is 11.3 Å². The van der Waals surface area contributed by atoms with Crippen molar-refractivity contribution >= 4 is 6.29 Å². The van der Waals surface area contributed by atoms with Crippen molar-refractivity contribution in [2.24, 2.45) is 0 Å². The molecule has 3 nitrogen and oxygen atoms in total. The molecule has 0 saturated heterocycles. The number of hydrogen-bond donors (Lipinski definition) is 0. The van der Waals surface area contributed by atoms with Crippen LogP contribution >= 0.6 is 0 Å². The zero-order valence-corrected chi connectivity index (χ0v) is 8.51. The SMILES string of the molecule is O=CCC#Cc1ccc(-c2ccno2)cc1. The summed E-state index contributed by atoms with van der Waals surface area (Å²) in [4.78, 5) is 10.1. The molecule has 0 amide bonds. The van der Waals surface area contributed by atoms with E-state index in [1.54, 1.807) is 12.3 Å². The molecule has 1 aromatic heterocycles. The van der Waals surface area contributed by atoms with E-state index in [1.807, 2.05) is 24.3 Å². The molecule has 3 heteroatoms. The molecule has 0 N–H and O–H groups in total. The third kappa shape index (κ3) is 2.37. The second-order valence-corrected chi connectivity index (χ2v) is 3.13. The zero-order valence-electron chi connectivity index (χ0n) is 8.51. The Morgan fingerprint density at radius 2 is 2.06 bits per heavy atom. The normalized spacial score (nSPS) is 9.25. The van der Waals surface area contributed by atoms with Crippen LogP contribution in [0.2, 0.25) is 0 Å². The van der Waals surface area contributed by atoms with Gasteiger partial charge in [0.15, 0.2) is 5.76 Å². The van der Waals surface area contributed by atoms with Gasteiger partial charge in [-0.15, -0.1) is 0 Å². The van der Waals surface area contributed by atoms with Gasteiger partial charge in [-0.25, -0.2) is 0 Å². The van der Waals surface area contributed by atoms with E-state index in [0.717, 1.165) is 23.2 Å². The quantitative estimate of drug-likeness (QED) is 0.565. The fraction of sp³-hybridized carbons (Fsp3) is 0.0769. The van der Waals surface area contributed by atoms with E-state index >= 15 is 0 Å². The molecular weight excluding hydrogens is 202 g/mol. The first kappa shape index (κ1) is 10.2. The lowest BCUT2D eigenvalue weighted by Gasteiger charge is -1.95. The summed E-state index contributed by atoms with van der Waals surface area (Å²) >= 11 is 0. The van der Waals surface area contributed by atoms with Crippen LogP contribution in [0.15, 0.2) is 41.1 Å². The van der Waals surface area contributed by atoms with E-state index in [0.29, 0.717) is 0 Å². The number of hydrogen-bond acceptors (Lipinski definition) is 3. The Morgan fingerprint density at radius 1 is 1.25 bits per heavy atom. The van der Waals surface area contributed by atoms with Crippen molar-refractivity contribution in [3.63, 3.8) is 0 Å². The van der Waals surface area contributed by atoms with Crippen LogP contribution in [-0.4, -0.2) is 11.4 Å². The van der Waals surface area contributed by atoms with Crippen molar-refractivity contribution in [2.45, 2.75) is 6.42 Å². The number of aromatic nitrogens is 1. The molecule has 0 saturated carbocycles. The highest BCUT2D eigenvalue weighted by atomic mass is 16.5. The van der Waals surface area contributed by atoms with Gasteiger partial charge >= 0.3 is 0 Å². The molecule has 0 radical (unpaired) electrons. The smallest absolute Gasteiger partial charge is 0.166 e. The predicted molar refractivity (Wildman–Crippen MR) is 59.5 cm³/mol. The molecule has 2 rings (SSSR count). The lowest BCUT2D eigenvalue weighted by Crippen LogP contribution is -1.77. The van der Waals surface area contributed by atoms with Gasteiger partial charge in [0.1, 0.15) is 6.29 Å². The van der Waals surface area contributed by atoms with Crippen molar-refractivity contribution in [3.05, 3.63) is 42.1 Å². The minimum Gasteiger partial charge on any atom is -0.356 e. The lowest BCUT2D eigenvalue weighted by molar-refractivity contribution is -0.107. The Kier molecular flexibility index (Phi) is 3.15.